The van der Waals surface area contributed by atoms with Gasteiger partial charge in [0.1, 0.15) is 10.1 Å². The standard InChI is InChI=1S/C21H24N2O5S2/c1-28-16-5-2-4-14(12-16)13-17-19(25)23(21(29)30-17)9-3-6-18(24)22-10-7-15(8-11-22)20(26)27/h2,4-5,12-13,15H,3,6-11H2,1H3,(H,26,27)/b17-13-. The Kier molecular flexibility index (Phi) is 7.49. The number of carboxylic acids is 1. The van der Waals surface area contributed by atoms with Gasteiger partial charge in [0.15, 0.2) is 0 Å². The number of piperidine rings is 1. The number of ether oxygens (including phenoxy) is 1. The van der Waals surface area contributed by atoms with Crippen molar-refractivity contribution in [3.8, 4) is 5.75 Å². The second-order valence-corrected chi connectivity index (χ2v) is 8.88. The molecule has 160 valence electrons. The fourth-order valence-electron chi connectivity index (χ4n) is 3.50. The molecule has 0 aliphatic carbocycles. The lowest BCUT2D eigenvalue weighted by molar-refractivity contribution is -0.145. The summed E-state index contributed by atoms with van der Waals surface area (Å²) in [7, 11) is 1.59. The second-order valence-electron chi connectivity index (χ2n) is 7.21. The zero-order valence-corrected chi connectivity index (χ0v) is 18.3. The number of benzene rings is 1. The van der Waals surface area contributed by atoms with E-state index in [1.807, 2.05) is 24.3 Å². The minimum atomic E-state index is -0.793. The maximum absolute atomic E-state index is 12.7. The number of amides is 2. The Balaban J connectivity index is 1.50. The minimum absolute atomic E-state index is 0.00352. The SMILES string of the molecule is COc1cccc(/C=C2\SC(=S)N(CCCC(=O)N3CCC(C(=O)O)CC3)C2=O)c1. The number of hydrogen-bond donors (Lipinski definition) is 1. The van der Waals surface area contributed by atoms with Gasteiger partial charge in [-0.15, -0.1) is 0 Å². The molecule has 0 bridgehead atoms. The lowest BCUT2D eigenvalue weighted by atomic mass is 9.97. The van der Waals surface area contributed by atoms with E-state index in [2.05, 4.69) is 0 Å². The summed E-state index contributed by atoms with van der Waals surface area (Å²) in [5.41, 5.74) is 0.856. The largest absolute Gasteiger partial charge is 0.497 e. The van der Waals surface area contributed by atoms with E-state index in [0.717, 1.165) is 5.56 Å². The van der Waals surface area contributed by atoms with Crippen molar-refractivity contribution in [2.75, 3.05) is 26.7 Å². The van der Waals surface area contributed by atoms with E-state index in [0.29, 0.717) is 60.3 Å². The lowest BCUT2D eigenvalue weighted by Gasteiger charge is -2.30. The summed E-state index contributed by atoms with van der Waals surface area (Å²) in [4.78, 5) is 39.9. The van der Waals surface area contributed by atoms with Crippen LogP contribution in [0.5, 0.6) is 5.75 Å². The summed E-state index contributed by atoms with van der Waals surface area (Å²) in [6.45, 7) is 1.33. The van der Waals surface area contributed by atoms with Crippen LogP contribution in [0.1, 0.15) is 31.2 Å². The van der Waals surface area contributed by atoms with E-state index in [1.165, 1.54) is 16.7 Å². The van der Waals surface area contributed by atoms with E-state index >= 15 is 0 Å². The second kappa shape index (κ2) is 10.1. The fourth-order valence-corrected chi connectivity index (χ4v) is 4.81. The summed E-state index contributed by atoms with van der Waals surface area (Å²) in [6.07, 6.45) is 3.59. The van der Waals surface area contributed by atoms with Crippen molar-refractivity contribution in [1.29, 1.82) is 0 Å². The first kappa shape index (κ1) is 22.3. The molecule has 2 amide bonds. The molecular formula is C21H24N2O5S2. The van der Waals surface area contributed by atoms with Crippen LogP contribution in [-0.4, -0.2) is 63.8 Å². The van der Waals surface area contributed by atoms with E-state index < -0.39 is 5.97 Å². The normalized spacial score (nSPS) is 18.9. The molecule has 2 saturated heterocycles. The Morgan fingerprint density at radius 3 is 2.73 bits per heavy atom. The average Bonchev–Trinajstić information content (AvgIpc) is 3.01. The number of likely N-dealkylation sites (tertiary alicyclic amines) is 1. The van der Waals surface area contributed by atoms with Crippen molar-refractivity contribution in [2.24, 2.45) is 5.92 Å². The summed E-state index contributed by atoms with van der Waals surface area (Å²) >= 11 is 6.61. The first-order valence-corrected chi connectivity index (χ1v) is 11.0. The van der Waals surface area contributed by atoms with Crippen molar-refractivity contribution >= 4 is 52.2 Å². The van der Waals surface area contributed by atoms with Crippen molar-refractivity contribution in [1.82, 2.24) is 9.80 Å². The highest BCUT2D eigenvalue weighted by molar-refractivity contribution is 8.26. The maximum atomic E-state index is 12.7. The van der Waals surface area contributed by atoms with E-state index in [1.54, 1.807) is 18.1 Å². The summed E-state index contributed by atoms with van der Waals surface area (Å²) in [5.74, 6) is -0.595. The van der Waals surface area contributed by atoms with Gasteiger partial charge in [0.25, 0.3) is 5.91 Å². The Labute approximate surface area is 185 Å². The topological polar surface area (TPSA) is 87.2 Å². The van der Waals surface area contributed by atoms with Crippen LogP contribution in [0, 0.1) is 5.92 Å². The van der Waals surface area contributed by atoms with Crippen LogP contribution < -0.4 is 4.74 Å². The molecule has 30 heavy (non-hydrogen) atoms. The van der Waals surface area contributed by atoms with Crippen molar-refractivity contribution in [2.45, 2.75) is 25.7 Å². The number of thiocarbonyl (C=S) groups is 1. The molecule has 2 aliphatic rings. The molecular weight excluding hydrogens is 424 g/mol. The Morgan fingerprint density at radius 2 is 2.07 bits per heavy atom. The monoisotopic (exact) mass is 448 g/mol. The van der Waals surface area contributed by atoms with Crippen LogP contribution in [0.2, 0.25) is 0 Å². The number of methoxy groups -OCH3 is 1. The van der Waals surface area contributed by atoms with Gasteiger partial charge < -0.3 is 14.7 Å². The number of hydrogen-bond acceptors (Lipinski definition) is 6. The highest BCUT2D eigenvalue weighted by Gasteiger charge is 2.32. The highest BCUT2D eigenvalue weighted by Crippen LogP contribution is 2.33. The minimum Gasteiger partial charge on any atom is -0.497 e. The first-order valence-electron chi connectivity index (χ1n) is 9.79. The van der Waals surface area contributed by atoms with Gasteiger partial charge in [0.2, 0.25) is 5.91 Å². The van der Waals surface area contributed by atoms with Crippen LogP contribution in [0.4, 0.5) is 0 Å². The van der Waals surface area contributed by atoms with Crippen LogP contribution in [-0.2, 0) is 14.4 Å². The molecule has 0 spiro atoms. The molecule has 7 nitrogen and oxygen atoms in total. The molecule has 3 rings (SSSR count). The van der Waals surface area contributed by atoms with Gasteiger partial charge in [0, 0.05) is 26.1 Å². The maximum Gasteiger partial charge on any atom is 0.306 e. The molecule has 1 aromatic carbocycles. The van der Waals surface area contributed by atoms with Gasteiger partial charge in [-0.25, -0.2) is 0 Å². The number of thioether (sulfide) groups is 1. The smallest absolute Gasteiger partial charge is 0.306 e. The van der Waals surface area contributed by atoms with Gasteiger partial charge in [-0.1, -0.05) is 36.1 Å². The van der Waals surface area contributed by atoms with Crippen LogP contribution in [0.3, 0.4) is 0 Å². The molecule has 1 aromatic rings. The number of carbonyl (C=O) groups excluding carboxylic acids is 2. The van der Waals surface area contributed by atoms with Crippen molar-refractivity contribution in [3.63, 3.8) is 0 Å². The molecule has 1 N–H and O–H groups in total. The van der Waals surface area contributed by atoms with Crippen LogP contribution >= 0.6 is 24.0 Å². The van der Waals surface area contributed by atoms with Gasteiger partial charge >= 0.3 is 5.97 Å². The summed E-state index contributed by atoms with van der Waals surface area (Å²) < 4.78 is 5.70. The molecule has 0 unspecified atom stereocenters. The predicted octanol–water partition coefficient (Wildman–Crippen LogP) is 3.00. The first-order chi connectivity index (χ1) is 14.4. The van der Waals surface area contributed by atoms with Crippen LogP contribution in [0.25, 0.3) is 6.08 Å². The van der Waals surface area contributed by atoms with Crippen molar-refractivity contribution in [3.05, 3.63) is 34.7 Å². The predicted molar refractivity (Wildman–Crippen MR) is 119 cm³/mol. The Bertz CT molecular complexity index is 878. The average molecular weight is 449 g/mol. The third-order valence-corrected chi connectivity index (χ3v) is 6.61. The van der Waals surface area contributed by atoms with E-state index in [9.17, 15) is 14.4 Å². The zero-order valence-electron chi connectivity index (χ0n) is 16.7. The van der Waals surface area contributed by atoms with Gasteiger partial charge in [-0.2, -0.15) is 0 Å². The summed E-state index contributed by atoms with van der Waals surface area (Å²) in [6, 6.07) is 7.43. The number of rotatable bonds is 7. The number of carbonyl (C=O) groups is 3. The number of nitrogens with zero attached hydrogens (tertiary/aromatic N) is 2. The van der Waals surface area contributed by atoms with E-state index in [4.69, 9.17) is 22.1 Å². The van der Waals surface area contributed by atoms with Gasteiger partial charge in [-0.3, -0.25) is 19.3 Å². The Morgan fingerprint density at radius 1 is 1.33 bits per heavy atom. The quantitative estimate of drug-likeness (QED) is 0.507. The fraction of sp³-hybridized carbons (Fsp3) is 0.429. The molecule has 9 heteroatoms. The van der Waals surface area contributed by atoms with Crippen molar-refractivity contribution < 1.29 is 24.2 Å². The third kappa shape index (κ3) is 5.40. The summed E-state index contributed by atoms with van der Waals surface area (Å²) in [5, 5.41) is 9.05. The molecule has 2 heterocycles. The molecule has 2 aliphatic heterocycles. The third-order valence-electron chi connectivity index (χ3n) is 5.23. The van der Waals surface area contributed by atoms with Crippen LogP contribution in [0.15, 0.2) is 29.2 Å². The highest BCUT2D eigenvalue weighted by atomic mass is 32.2. The zero-order chi connectivity index (χ0) is 21.7. The lowest BCUT2D eigenvalue weighted by Crippen LogP contribution is -2.40. The van der Waals surface area contributed by atoms with Gasteiger partial charge in [0.05, 0.1) is 17.9 Å². The molecule has 2 fully saturated rings. The molecule has 0 atom stereocenters. The van der Waals surface area contributed by atoms with E-state index in [-0.39, 0.29) is 17.7 Å². The number of aliphatic carboxylic acids is 1. The Hall–Kier alpha value is -2.39. The van der Waals surface area contributed by atoms with Gasteiger partial charge in [-0.05, 0) is 43.0 Å². The molecule has 0 aromatic heterocycles. The molecule has 0 saturated carbocycles. The number of carboxylic acid groups (broad SMARTS) is 1. The molecule has 0 radical (unpaired) electrons.